The van der Waals surface area contributed by atoms with Gasteiger partial charge in [-0.3, -0.25) is 0 Å². The molecule has 8 heteroatoms. The first-order valence-corrected chi connectivity index (χ1v) is 10.6. The molecule has 0 aliphatic rings. The molecule has 2 aromatic carbocycles. The molecule has 2 rings (SSSR count). The van der Waals surface area contributed by atoms with E-state index in [1.165, 1.54) is 38.3 Å². The molecule has 0 saturated heterocycles. The Morgan fingerprint density at radius 2 is 1.67 bits per heavy atom. The third-order valence-corrected chi connectivity index (χ3v) is 4.92. The fourth-order valence-corrected chi connectivity index (χ4v) is 3.35. The van der Waals surface area contributed by atoms with E-state index in [0.717, 1.165) is 0 Å². The lowest BCUT2D eigenvalue weighted by Crippen LogP contribution is -2.52. The fourth-order valence-electron chi connectivity index (χ4n) is 3.35. The molecule has 0 aliphatic carbocycles. The van der Waals surface area contributed by atoms with Crippen molar-refractivity contribution in [2.75, 3.05) is 13.7 Å². The molecule has 0 saturated carbocycles. The summed E-state index contributed by atoms with van der Waals surface area (Å²) in [6.07, 6.45) is -0.729. The van der Waals surface area contributed by atoms with Crippen LogP contribution in [0.4, 0.5) is 13.6 Å². The number of ether oxygens (including phenoxy) is 3. The van der Waals surface area contributed by atoms with Gasteiger partial charge in [-0.15, -0.1) is 0 Å². The second-order valence-electron chi connectivity index (χ2n) is 9.09. The topological polar surface area (TPSA) is 73.9 Å². The van der Waals surface area contributed by atoms with E-state index in [0.29, 0.717) is 23.2 Å². The molecule has 0 bridgehead atoms. The molecule has 0 fully saturated rings. The summed E-state index contributed by atoms with van der Waals surface area (Å²) in [4.78, 5) is 23.9. The lowest BCUT2D eigenvalue weighted by atomic mass is 9.86. The Morgan fingerprint density at radius 3 is 2.21 bits per heavy atom. The van der Waals surface area contributed by atoms with Crippen molar-refractivity contribution in [2.45, 2.75) is 57.8 Å². The summed E-state index contributed by atoms with van der Waals surface area (Å²) < 4.78 is 43.9. The molecule has 3 atom stereocenters. The molecule has 180 valence electrons. The molecule has 1 amide bonds. The number of nitrogens with one attached hydrogen (secondary N) is 1. The van der Waals surface area contributed by atoms with E-state index >= 15 is 0 Å². The van der Waals surface area contributed by atoms with Crippen LogP contribution < -0.4 is 10.1 Å². The Bertz CT molecular complexity index is 958. The largest absolute Gasteiger partial charge is 0.496 e. The van der Waals surface area contributed by atoms with Crippen molar-refractivity contribution in [3.8, 4) is 5.75 Å². The van der Waals surface area contributed by atoms with Gasteiger partial charge in [0.1, 0.15) is 34.8 Å². The first kappa shape index (κ1) is 26.3. The first-order valence-electron chi connectivity index (χ1n) is 10.6. The number of rotatable bonds is 9. The highest BCUT2D eigenvalue weighted by molar-refractivity contribution is 5.76. The van der Waals surface area contributed by atoms with E-state index in [4.69, 9.17) is 14.2 Å². The molecular weight excluding hydrogens is 432 g/mol. The van der Waals surface area contributed by atoms with Crippen LogP contribution in [0.3, 0.4) is 0 Å². The highest BCUT2D eigenvalue weighted by Crippen LogP contribution is 2.36. The molecule has 0 heterocycles. The Morgan fingerprint density at radius 1 is 1.06 bits per heavy atom. The van der Waals surface area contributed by atoms with Gasteiger partial charge in [0.05, 0.1) is 19.8 Å². The number of alkyl carbamates (subject to hydrolysis) is 1. The molecule has 2 aromatic rings. The van der Waals surface area contributed by atoms with E-state index in [1.54, 1.807) is 45.9 Å². The van der Waals surface area contributed by atoms with Crippen molar-refractivity contribution < 1.29 is 32.6 Å². The van der Waals surface area contributed by atoms with E-state index < -0.39 is 40.9 Å². The predicted molar refractivity (Wildman–Crippen MR) is 120 cm³/mol. The predicted octanol–water partition coefficient (Wildman–Crippen LogP) is 4.99. The maximum atomic E-state index is 13.8. The first-order chi connectivity index (χ1) is 15.4. The van der Waals surface area contributed by atoms with E-state index in [-0.39, 0.29) is 6.61 Å². The smallest absolute Gasteiger partial charge is 0.408 e. The molecule has 33 heavy (non-hydrogen) atoms. The van der Waals surface area contributed by atoms with Gasteiger partial charge >= 0.3 is 6.09 Å². The van der Waals surface area contributed by atoms with Crippen LogP contribution in [-0.2, 0) is 14.3 Å². The van der Waals surface area contributed by atoms with Gasteiger partial charge in [-0.05, 0) is 58.4 Å². The van der Waals surface area contributed by atoms with Gasteiger partial charge < -0.3 is 24.3 Å². The number of hydrogen-bond acceptors (Lipinski definition) is 5. The summed E-state index contributed by atoms with van der Waals surface area (Å²) in [5.74, 6) is -1.02. The van der Waals surface area contributed by atoms with Crippen LogP contribution in [0.1, 0.15) is 51.7 Å². The van der Waals surface area contributed by atoms with Gasteiger partial charge in [-0.1, -0.05) is 18.2 Å². The van der Waals surface area contributed by atoms with Gasteiger partial charge in [0.2, 0.25) is 0 Å². The van der Waals surface area contributed by atoms with Crippen LogP contribution in [0.5, 0.6) is 5.75 Å². The summed E-state index contributed by atoms with van der Waals surface area (Å²) in [6, 6.07) is 10.0. The monoisotopic (exact) mass is 463 g/mol. The summed E-state index contributed by atoms with van der Waals surface area (Å²) in [6.45, 7) is 8.28. The second-order valence-corrected chi connectivity index (χ2v) is 9.09. The Hall–Kier alpha value is -3.00. The fraction of sp³-hybridized carbons (Fsp3) is 0.440. The highest BCUT2D eigenvalue weighted by atomic mass is 19.1. The molecule has 1 N–H and O–H groups in total. The van der Waals surface area contributed by atoms with E-state index in [9.17, 15) is 18.4 Å². The molecule has 0 radical (unpaired) electrons. The minimum atomic E-state index is -1.35. The van der Waals surface area contributed by atoms with Crippen LogP contribution in [-0.4, -0.2) is 43.3 Å². The lowest BCUT2D eigenvalue weighted by Gasteiger charge is -2.31. The molecule has 0 aromatic heterocycles. The van der Waals surface area contributed by atoms with Crippen molar-refractivity contribution in [1.82, 2.24) is 5.32 Å². The van der Waals surface area contributed by atoms with Crippen LogP contribution in [0.15, 0.2) is 42.5 Å². The van der Waals surface area contributed by atoms with Gasteiger partial charge in [-0.2, -0.15) is 0 Å². The molecular formula is C25H31F2NO5. The zero-order valence-electron chi connectivity index (χ0n) is 19.8. The third-order valence-electron chi connectivity index (χ3n) is 4.92. The average Bonchev–Trinajstić information content (AvgIpc) is 2.73. The quantitative estimate of drug-likeness (QED) is 0.530. The maximum absolute atomic E-state index is 13.8. The Balaban J connectivity index is 2.30. The maximum Gasteiger partial charge on any atom is 0.408 e. The molecule has 6 nitrogen and oxygen atoms in total. The summed E-state index contributed by atoms with van der Waals surface area (Å²) >= 11 is 0. The van der Waals surface area contributed by atoms with Crippen molar-refractivity contribution in [3.63, 3.8) is 0 Å². The summed E-state index contributed by atoms with van der Waals surface area (Å²) in [7, 11) is 1.43. The zero-order chi connectivity index (χ0) is 24.8. The average molecular weight is 464 g/mol. The number of amides is 1. The number of aldehydes is 1. The standard InChI is InChI=1S/C25H31F2NO5/c1-16(32-15-25(5,14-29)28-23(30)33-24(2,3)4)22(17-7-9-18(26)10-8-17)20-12-11-19(27)13-21(20)31-6/h7-14,16,22H,15H2,1-6H3,(H,28,30)/t16-,22-,25+/m0/s1. The van der Waals surface area contributed by atoms with Crippen LogP contribution >= 0.6 is 0 Å². The second kappa shape index (κ2) is 10.7. The van der Waals surface area contributed by atoms with E-state index in [2.05, 4.69) is 5.32 Å². The van der Waals surface area contributed by atoms with Gasteiger partial charge in [0.25, 0.3) is 0 Å². The number of carbonyl (C=O) groups is 2. The highest BCUT2D eigenvalue weighted by Gasteiger charge is 2.32. The molecule has 0 unspecified atom stereocenters. The normalized spacial score (nSPS) is 15.2. The summed E-state index contributed by atoms with van der Waals surface area (Å²) in [5.41, 5.74) is -0.737. The van der Waals surface area contributed by atoms with Crippen molar-refractivity contribution >= 4 is 12.4 Å². The van der Waals surface area contributed by atoms with Gasteiger partial charge in [0.15, 0.2) is 0 Å². The number of hydrogen-bond donors (Lipinski definition) is 1. The Kier molecular flexibility index (Phi) is 8.55. The number of benzene rings is 2. The number of halogens is 2. The minimum absolute atomic E-state index is 0.155. The van der Waals surface area contributed by atoms with Crippen molar-refractivity contribution in [1.29, 1.82) is 0 Å². The minimum Gasteiger partial charge on any atom is -0.496 e. The lowest BCUT2D eigenvalue weighted by molar-refractivity contribution is -0.116. The van der Waals surface area contributed by atoms with Gasteiger partial charge in [0, 0.05) is 17.5 Å². The van der Waals surface area contributed by atoms with E-state index in [1.807, 2.05) is 0 Å². The third kappa shape index (κ3) is 7.53. The van der Waals surface area contributed by atoms with Crippen LogP contribution in [0.25, 0.3) is 0 Å². The molecule has 0 aliphatic heterocycles. The van der Waals surface area contributed by atoms with Crippen LogP contribution in [0.2, 0.25) is 0 Å². The van der Waals surface area contributed by atoms with Crippen molar-refractivity contribution in [2.24, 2.45) is 0 Å². The van der Waals surface area contributed by atoms with Crippen LogP contribution in [0, 0.1) is 11.6 Å². The van der Waals surface area contributed by atoms with Crippen molar-refractivity contribution in [3.05, 3.63) is 65.2 Å². The zero-order valence-corrected chi connectivity index (χ0v) is 19.8. The number of carbonyl (C=O) groups excluding carboxylic acids is 2. The molecule has 0 spiro atoms. The van der Waals surface area contributed by atoms with Gasteiger partial charge in [-0.25, -0.2) is 13.6 Å². The SMILES string of the molecule is COc1cc(F)ccc1[C@H](c1ccc(F)cc1)[C@H](C)OC[C@@](C)(C=O)NC(=O)OC(C)(C)C. The summed E-state index contributed by atoms with van der Waals surface area (Å²) in [5, 5.41) is 2.53. The Labute approximate surface area is 193 Å². The number of methoxy groups -OCH3 is 1.